The van der Waals surface area contributed by atoms with Crippen LogP contribution in [0.25, 0.3) is 16.6 Å². The van der Waals surface area contributed by atoms with Gasteiger partial charge in [0.1, 0.15) is 11.6 Å². The van der Waals surface area contributed by atoms with E-state index in [0.29, 0.717) is 35.3 Å². The lowest BCUT2D eigenvalue weighted by Gasteiger charge is -2.14. The zero-order valence-corrected chi connectivity index (χ0v) is 20.0. The molecule has 0 N–H and O–H groups in total. The van der Waals surface area contributed by atoms with Gasteiger partial charge in [0.15, 0.2) is 6.10 Å². The van der Waals surface area contributed by atoms with Crippen LogP contribution in [0.15, 0.2) is 76.7 Å². The van der Waals surface area contributed by atoms with E-state index in [2.05, 4.69) is 37.2 Å². The van der Waals surface area contributed by atoms with E-state index in [4.69, 9.17) is 9.82 Å². The molecule has 0 fully saturated rings. The lowest BCUT2D eigenvalue weighted by Crippen LogP contribution is -2.24. The fourth-order valence-electron chi connectivity index (χ4n) is 4.57. The summed E-state index contributed by atoms with van der Waals surface area (Å²) in [6.07, 6.45) is 4.25. The third kappa shape index (κ3) is 4.74. The minimum atomic E-state index is -0.337. The van der Waals surface area contributed by atoms with Gasteiger partial charge in [0.2, 0.25) is 0 Å². The van der Waals surface area contributed by atoms with E-state index in [1.54, 1.807) is 22.8 Å². The van der Waals surface area contributed by atoms with Gasteiger partial charge in [0.05, 0.1) is 22.3 Å². The first kappa shape index (κ1) is 23.0. The third-order valence-corrected chi connectivity index (χ3v) is 6.44. The van der Waals surface area contributed by atoms with E-state index >= 15 is 0 Å². The van der Waals surface area contributed by atoms with Gasteiger partial charge in [-0.1, -0.05) is 60.8 Å². The van der Waals surface area contributed by atoms with Gasteiger partial charge in [-0.05, 0) is 55.3 Å². The number of oxime groups is 1. The summed E-state index contributed by atoms with van der Waals surface area (Å²) in [5.74, 6) is 0.346. The highest BCUT2D eigenvalue weighted by Gasteiger charge is 2.24. The minimum absolute atomic E-state index is 0.121. The lowest BCUT2D eigenvalue weighted by atomic mass is 9.98. The maximum Gasteiger partial charge on any atom is 0.265 e. The van der Waals surface area contributed by atoms with Gasteiger partial charge in [0.25, 0.3) is 5.56 Å². The first-order valence-electron chi connectivity index (χ1n) is 12.1. The molecule has 1 aliphatic heterocycles. The van der Waals surface area contributed by atoms with Crippen LogP contribution in [0.5, 0.6) is 0 Å². The average molecular weight is 470 g/mol. The number of hydrogen-bond donors (Lipinski definition) is 0. The number of aromatic nitrogens is 2. The fourth-order valence-corrected chi connectivity index (χ4v) is 4.57. The summed E-state index contributed by atoms with van der Waals surface area (Å²) >= 11 is 0. The van der Waals surface area contributed by atoms with Gasteiger partial charge in [-0.2, -0.15) is 0 Å². The van der Waals surface area contributed by atoms with Crippen molar-refractivity contribution in [3.8, 4) is 5.69 Å². The number of halogens is 1. The van der Waals surface area contributed by atoms with Crippen molar-refractivity contribution in [2.24, 2.45) is 5.16 Å². The molecule has 0 bridgehead atoms. The quantitative estimate of drug-likeness (QED) is 0.293. The molecule has 1 unspecified atom stereocenters. The average Bonchev–Trinajstić information content (AvgIpc) is 3.35. The van der Waals surface area contributed by atoms with Gasteiger partial charge in [0, 0.05) is 18.4 Å². The Bertz CT molecular complexity index is 1460. The molecule has 1 atom stereocenters. The molecule has 0 aliphatic carbocycles. The first-order valence-corrected chi connectivity index (χ1v) is 12.1. The SMILES string of the molecule is CCCCCc1nc2cc(C3=NOC(c4cccc(C)c4)C3)ccc2c(=O)n1-c1ccc(F)cc1. The van der Waals surface area contributed by atoms with Crippen LogP contribution in [0, 0.1) is 12.7 Å². The molecule has 0 saturated heterocycles. The van der Waals surface area contributed by atoms with Crippen LogP contribution in [-0.4, -0.2) is 15.3 Å². The van der Waals surface area contributed by atoms with Crippen molar-refractivity contribution < 1.29 is 9.23 Å². The van der Waals surface area contributed by atoms with Crippen molar-refractivity contribution in [1.82, 2.24) is 9.55 Å². The maximum atomic E-state index is 13.5. The standard InChI is InChI=1S/C29H28FN3O2/c1-3-4-5-9-28-31-26-17-20(25-18-27(35-32-25)21-8-6-7-19(2)16-21)10-15-24(26)29(34)33(28)23-13-11-22(30)12-14-23/h6-8,10-17,27H,3-5,9,18H2,1-2H3. The second-order valence-corrected chi connectivity index (χ2v) is 9.08. The summed E-state index contributed by atoms with van der Waals surface area (Å²) in [6, 6.07) is 19.9. The molecule has 5 nitrogen and oxygen atoms in total. The Morgan fingerprint density at radius 2 is 1.89 bits per heavy atom. The third-order valence-electron chi connectivity index (χ3n) is 6.44. The summed E-state index contributed by atoms with van der Waals surface area (Å²) in [5, 5.41) is 4.87. The van der Waals surface area contributed by atoms with Gasteiger partial charge in [-0.15, -0.1) is 0 Å². The molecular weight excluding hydrogens is 441 g/mol. The Labute approximate surface area is 203 Å². The van der Waals surface area contributed by atoms with E-state index in [1.165, 1.54) is 17.7 Å². The number of aryl methyl sites for hydroxylation is 2. The number of rotatable bonds is 7. The normalized spacial score (nSPS) is 15.3. The molecule has 2 heterocycles. The van der Waals surface area contributed by atoms with Crippen molar-refractivity contribution in [3.63, 3.8) is 0 Å². The summed E-state index contributed by atoms with van der Waals surface area (Å²) in [6.45, 7) is 4.20. The number of fused-ring (bicyclic) bond motifs is 1. The molecule has 0 amide bonds. The number of unbranched alkanes of at least 4 members (excludes halogenated alkanes) is 2. The van der Waals surface area contributed by atoms with Gasteiger partial charge < -0.3 is 4.84 Å². The van der Waals surface area contributed by atoms with Crippen LogP contribution in [0.1, 0.15) is 61.2 Å². The summed E-state index contributed by atoms with van der Waals surface area (Å²) in [4.78, 5) is 24.2. The molecule has 35 heavy (non-hydrogen) atoms. The van der Waals surface area contributed by atoms with Crippen LogP contribution in [0.3, 0.4) is 0 Å². The molecule has 178 valence electrons. The number of hydrogen-bond acceptors (Lipinski definition) is 4. The first-order chi connectivity index (χ1) is 17.0. The van der Waals surface area contributed by atoms with Gasteiger partial charge in [-0.3, -0.25) is 9.36 Å². The van der Waals surface area contributed by atoms with Gasteiger partial charge >= 0.3 is 0 Å². The molecule has 6 heteroatoms. The van der Waals surface area contributed by atoms with E-state index in [0.717, 1.165) is 36.1 Å². The van der Waals surface area contributed by atoms with Crippen LogP contribution in [0.4, 0.5) is 4.39 Å². The molecule has 4 aromatic rings. The van der Waals surface area contributed by atoms with Crippen molar-refractivity contribution in [1.29, 1.82) is 0 Å². The van der Waals surface area contributed by atoms with Crippen LogP contribution >= 0.6 is 0 Å². The number of benzene rings is 3. The van der Waals surface area contributed by atoms with E-state index < -0.39 is 0 Å². The smallest absolute Gasteiger partial charge is 0.265 e. The predicted molar refractivity (Wildman–Crippen MR) is 137 cm³/mol. The molecule has 0 spiro atoms. The van der Waals surface area contributed by atoms with Crippen molar-refractivity contribution in [2.75, 3.05) is 0 Å². The van der Waals surface area contributed by atoms with Crippen molar-refractivity contribution in [2.45, 2.75) is 52.1 Å². The second kappa shape index (κ2) is 9.82. The Balaban J connectivity index is 1.51. The number of nitrogens with zero attached hydrogens (tertiary/aromatic N) is 3. The fraction of sp³-hybridized carbons (Fsp3) is 0.276. The van der Waals surface area contributed by atoms with Crippen molar-refractivity contribution >= 4 is 16.6 Å². The summed E-state index contributed by atoms with van der Waals surface area (Å²) in [7, 11) is 0. The second-order valence-electron chi connectivity index (χ2n) is 9.08. The largest absolute Gasteiger partial charge is 0.387 e. The molecular formula is C29H28FN3O2. The molecule has 0 saturated carbocycles. The van der Waals surface area contributed by atoms with Crippen LogP contribution < -0.4 is 5.56 Å². The highest BCUT2D eigenvalue weighted by atomic mass is 19.1. The van der Waals surface area contributed by atoms with E-state index in [1.807, 2.05) is 18.2 Å². The Morgan fingerprint density at radius 1 is 1.06 bits per heavy atom. The predicted octanol–water partition coefficient (Wildman–Crippen LogP) is 6.43. The molecule has 5 rings (SSSR count). The Hall–Kier alpha value is -3.80. The highest BCUT2D eigenvalue weighted by molar-refractivity contribution is 6.03. The molecule has 3 aromatic carbocycles. The summed E-state index contributed by atoms with van der Waals surface area (Å²) in [5.41, 5.74) is 5.14. The monoisotopic (exact) mass is 469 g/mol. The minimum Gasteiger partial charge on any atom is -0.387 e. The topological polar surface area (TPSA) is 56.5 Å². The highest BCUT2D eigenvalue weighted by Crippen LogP contribution is 2.30. The van der Waals surface area contributed by atoms with E-state index in [-0.39, 0.29) is 17.5 Å². The molecule has 1 aromatic heterocycles. The van der Waals surface area contributed by atoms with Gasteiger partial charge in [-0.25, -0.2) is 9.37 Å². The maximum absolute atomic E-state index is 13.5. The zero-order chi connectivity index (χ0) is 24.4. The molecule has 1 aliphatic rings. The Morgan fingerprint density at radius 3 is 2.66 bits per heavy atom. The zero-order valence-electron chi connectivity index (χ0n) is 20.0. The Kier molecular flexibility index (Phi) is 6.45. The van der Waals surface area contributed by atoms with E-state index in [9.17, 15) is 9.18 Å². The summed E-state index contributed by atoms with van der Waals surface area (Å²) < 4.78 is 15.1. The van der Waals surface area contributed by atoms with Crippen LogP contribution in [-0.2, 0) is 11.3 Å². The molecule has 0 radical (unpaired) electrons. The lowest BCUT2D eigenvalue weighted by molar-refractivity contribution is 0.0857. The van der Waals surface area contributed by atoms with Crippen molar-refractivity contribution in [3.05, 3.63) is 105 Å². The van der Waals surface area contributed by atoms with Crippen LogP contribution in [0.2, 0.25) is 0 Å².